The topological polar surface area (TPSA) is 120 Å². The fourth-order valence-corrected chi connectivity index (χ4v) is 4.60. The number of imide groups is 1. The summed E-state index contributed by atoms with van der Waals surface area (Å²) in [5, 5.41) is 2.50. The summed E-state index contributed by atoms with van der Waals surface area (Å²) in [6.07, 6.45) is 3.09. The van der Waals surface area contributed by atoms with Crippen LogP contribution in [0.5, 0.6) is 0 Å². The van der Waals surface area contributed by atoms with Crippen LogP contribution in [0.15, 0.2) is 35.1 Å². The second-order valence-corrected chi connectivity index (χ2v) is 8.41. The molecule has 33 heavy (non-hydrogen) atoms. The van der Waals surface area contributed by atoms with E-state index in [0.717, 1.165) is 17.7 Å². The molecule has 1 saturated carbocycles. The molecule has 2 atom stereocenters. The summed E-state index contributed by atoms with van der Waals surface area (Å²) < 4.78 is 8.01. The molecule has 0 unspecified atom stereocenters. The van der Waals surface area contributed by atoms with Crippen molar-refractivity contribution in [3.8, 4) is 5.69 Å². The first kappa shape index (κ1) is 22.5. The molecule has 1 aliphatic carbocycles. The maximum Gasteiger partial charge on any atom is 0.326 e. The zero-order valence-electron chi connectivity index (χ0n) is 18.6. The average molecular weight is 454 g/mol. The molecule has 4 rings (SSSR count). The van der Waals surface area contributed by atoms with Crippen LogP contribution in [0.1, 0.15) is 31.4 Å². The maximum absolute atomic E-state index is 12.8. The Hall–Kier alpha value is -3.69. The lowest BCUT2D eigenvalue weighted by molar-refractivity contribution is -0.154. The minimum atomic E-state index is -0.850. The highest BCUT2D eigenvalue weighted by atomic mass is 16.5. The summed E-state index contributed by atoms with van der Waals surface area (Å²) in [5.74, 6) is -2.93. The van der Waals surface area contributed by atoms with E-state index in [1.165, 1.54) is 4.68 Å². The van der Waals surface area contributed by atoms with Crippen molar-refractivity contribution in [3.05, 3.63) is 46.4 Å². The van der Waals surface area contributed by atoms with E-state index in [-0.39, 0.29) is 29.3 Å². The van der Waals surface area contributed by atoms with Gasteiger partial charge in [0.1, 0.15) is 12.2 Å². The first-order chi connectivity index (χ1) is 15.8. The summed E-state index contributed by atoms with van der Waals surface area (Å²) in [6, 6.07) is 8.97. The van der Waals surface area contributed by atoms with Crippen molar-refractivity contribution in [1.29, 1.82) is 0 Å². The molecule has 1 saturated heterocycles. The quantitative estimate of drug-likeness (QED) is 0.516. The first-order valence-corrected chi connectivity index (χ1v) is 10.9. The molecule has 1 aromatic carbocycles. The molecule has 2 aliphatic rings. The van der Waals surface area contributed by atoms with Crippen LogP contribution in [0.2, 0.25) is 0 Å². The highest BCUT2D eigenvalue weighted by Gasteiger charge is 2.48. The number of aromatic nitrogens is 2. The van der Waals surface area contributed by atoms with Gasteiger partial charge in [-0.05, 0) is 31.9 Å². The van der Waals surface area contributed by atoms with Crippen LogP contribution < -0.4 is 10.9 Å². The van der Waals surface area contributed by atoms with Gasteiger partial charge in [0.2, 0.25) is 11.8 Å². The molecule has 10 heteroatoms. The molecule has 1 aromatic heterocycles. The van der Waals surface area contributed by atoms with E-state index < -0.39 is 30.6 Å². The molecule has 2 fully saturated rings. The number of ether oxygens (including phenoxy) is 1. The second-order valence-electron chi connectivity index (χ2n) is 8.41. The van der Waals surface area contributed by atoms with Crippen LogP contribution in [0.4, 0.5) is 5.69 Å². The van der Waals surface area contributed by atoms with Gasteiger partial charge in [-0.15, -0.1) is 0 Å². The molecule has 174 valence electrons. The van der Waals surface area contributed by atoms with Gasteiger partial charge in [-0.25, -0.2) is 4.68 Å². The number of para-hydroxylation sites is 1. The van der Waals surface area contributed by atoms with E-state index in [1.54, 1.807) is 42.9 Å². The molecule has 2 heterocycles. The van der Waals surface area contributed by atoms with Crippen molar-refractivity contribution >= 4 is 29.4 Å². The highest BCUT2D eigenvalue weighted by molar-refractivity contribution is 6.07. The molecule has 0 bridgehead atoms. The van der Waals surface area contributed by atoms with E-state index >= 15 is 0 Å². The standard InChI is InChI=1S/C23H26N4O6/c1-14-20(23(32)27(25(14)2)15-8-4-3-5-9-15)24-18(28)13-33-19(29)12-26-21(30)16-10-6-7-11-17(16)22(26)31/h3-5,8-9,16-17H,6-7,10-13H2,1-2H3,(H,24,28)/t16-,17+. The first-order valence-electron chi connectivity index (χ1n) is 10.9. The third-order valence-corrected chi connectivity index (χ3v) is 6.40. The molecule has 0 radical (unpaired) electrons. The third kappa shape index (κ3) is 4.20. The molecule has 1 N–H and O–H groups in total. The van der Waals surface area contributed by atoms with E-state index in [2.05, 4.69) is 5.32 Å². The molecule has 2 aromatic rings. The molecular weight excluding hydrogens is 428 g/mol. The number of amides is 3. The number of benzene rings is 1. The number of nitrogens with one attached hydrogen (secondary N) is 1. The van der Waals surface area contributed by atoms with Gasteiger partial charge < -0.3 is 10.1 Å². The molecular formula is C23H26N4O6. The Labute approximate surface area is 190 Å². The normalized spacial score (nSPS) is 20.0. The maximum atomic E-state index is 12.8. The number of hydrogen-bond donors (Lipinski definition) is 1. The predicted octanol–water partition coefficient (Wildman–Crippen LogP) is 1.14. The number of fused-ring (bicyclic) bond motifs is 1. The molecule has 3 amide bonds. The zero-order chi connectivity index (χ0) is 23.7. The van der Waals surface area contributed by atoms with Gasteiger partial charge in [-0.1, -0.05) is 31.0 Å². The minimum absolute atomic E-state index is 0.0800. The van der Waals surface area contributed by atoms with E-state index in [9.17, 15) is 24.0 Å². The largest absolute Gasteiger partial charge is 0.454 e. The van der Waals surface area contributed by atoms with Gasteiger partial charge >= 0.3 is 5.97 Å². The minimum Gasteiger partial charge on any atom is -0.454 e. The van der Waals surface area contributed by atoms with Crippen LogP contribution in [-0.2, 0) is 31.0 Å². The Morgan fingerprint density at radius 2 is 1.64 bits per heavy atom. The number of carbonyl (C=O) groups is 4. The monoisotopic (exact) mass is 454 g/mol. The highest BCUT2D eigenvalue weighted by Crippen LogP contribution is 2.37. The van der Waals surface area contributed by atoms with Gasteiger partial charge in [0, 0.05) is 7.05 Å². The Morgan fingerprint density at radius 1 is 1.03 bits per heavy atom. The van der Waals surface area contributed by atoms with Gasteiger partial charge in [-0.2, -0.15) is 0 Å². The van der Waals surface area contributed by atoms with Gasteiger partial charge in [0.25, 0.3) is 11.5 Å². The number of hydrogen-bond acceptors (Lipinski definition) is 6. The second kappa shape index (κ2) is 9.05. The predicted molar refractivity (Wildman–Crippen MR) is 118 cm³/mol. The lowest BCUT2D eigenvalue weighted by Crippen LogP contribution is -2.37. The van der Waals surface area contributed by atoms with Crippen LogP contribution in [-0.4, -0.2) is 51.1 Å². The smallest absolute Gasteiger partial charge is 0.326 e. The van der Waals surface area contributed by atoms with E-state index in [4.69, 9.17) is 4.74 Å². The Bertz CT molecular complexity index is 1140. The summed E-state index contributed by atoms with van der Waals surface area (Å²) >= 11 is 0. The summed E-state index contributed by atoms with van der Waals surface area (Å²) in [5.41, 5.74) is 0.827. The molecule has 1 aliphatic heterocycles. The van der Waals surface area contributed by atoms with Crippen molar-refractivity contribution < 1.29 is 23.9 Å². The van der Waals surface area contributed by atoms with E-state index in [0.29, 0.717) is 24.2 Å². The summed E-state index contributed by atoms with van der Waals surface area (Å²) in [4.78, 5) is 63.3. The Morgan fingerprint density at radius 3 is 2.24 bits per heavy atom. The molecule has 0 spiro atoms. The third-order valence-electron chi connectivity index (χ3n) is 6.40. The Balaban J connectivity index is 1.36. The van der Waals surface area contributed by atoms with Crippen LogP contribution in [0.3, 0.4) is 0 Å². The number of carbonyl (C=O) groups excluding carboxylic acids is 4. The van der Waals surface area contributed by atoms with Crippen LogP contribution >= 0.6 is 0 Å². The summed E-state index contributed by atoms with van der Waals surface area (Å²) in [6.45, 7) is 0.538. The fraction of sp³-hybridized carbons (Fsp3) is 0.435. The van der Waals surface area contributed by atoms with E-state index in [1.807, 2.05) is 6.07 Å². The van der Waals surface area contributed by atoms with Gasteiger partial charge in [0.15, 0.2) is 6.61 Å². The van der Waals surface area contributed by atoms with Crippen LogP contribution in [0, 0.1) is 18.8 Å². The van der Waals surface area contributed by atoms with Gasteiger partial charge in [0.05, 0.1) is 23.2 Å². The van der Waals surface area contributed by atoms with Crippen molar-refractivity contribution in [2.24, 2.45) is 18.9 Å². The number of esters is 1. The summed E-state index contributed by atoms with van der Waals surface area (Å²) in [7, 11) is 1.70. The number of nitrogens with zero attached hydrogens (tertiary/aromatic N) is 3. The lowest BCUT2D eigenvalue weighted by atomic mass is 9.81. The average Bonchev–Trinajstić information content (AvgIpc) is 3.18. The van der Waals surface area contributed by atoms with Gasteiger partial charge in [-0.3, -0.25) is 33.6 Å². The number of likely N-dealkylation sites (tertiary alicyclic amines) is 1. The van der Waals surface area contributed by atoms with Crippen molar-refractivity contribution in [2.45, 2.75) is 32.6 Å². The van der Waals surface area contributed by atoms with Crippen molar-refractivity contribution in [2.75, 3.05) is 18.5 Å². The van der Waals surface area contributed by atoms with Crippen LogP contribution in [0.25, 0.3) is 5.69 Å². The van der Waals surface area contributed by atoms with Crippen molar-refractivity contribution in [1.82, 2.24) is 14.3 Å². The Kier molecular flexibility index (Phi) is 6.17. The number of rotatable bonds is 6. The number of anilines is 1. The SMILES string of the molecule is Cc1c(NC(=O)COC(=O)CN2C(=O)[C@H]3CCCC[C@H]3C2=O)c(=O)n(-c2ccccc2)n1C. The zero-order valence-corrected chi connectivity index (χ0v) is 18.6. The lowest BCUT2D eigenvalue weighted by Gasteiger charge is -2.19. The molecule has 10 nitrogen and oxygen atoms in total. The van der Waals surface area contributed by atoms with Crippen molar-refractivity contribution in [3.63, 3.8) is 0 Å². The fourth-order valence-electron chi connectivity index (χ4n) is 4.60.